The summed E-state index contributed by atoms with van der Waals surface area (Å²) in [6.07, 6.45) is 7.65. The predicted octanol–water partition coefficient (Wildman–Crippen LogP) is 38.8. The molecule has 0 atom stereocenters. The number of para-hydroxylation sites is 5. The topological polar surface area (TPSA) is 142 Å². The highest BCUT2D eigenvalue weighted by atomic mass is 16.5. The van der Waals surface area contributed by atoms with E-state index >= 15 is 0 Å². The van der Waals surface area contributed by atoms with Gasteiger partial charge >= 0.3 is 5.97 Å². The fourth-order valence-corrected chi connectivity index (χ4v) is 22.5. The third kappa shape index (κ3) is 18.1. The van der Waals surface area contributed by atoms with E-state index in [1.807, 2.05) is 78.6 Å². The number of furan rings is 5. The summed E-state index contributed by atoms with van der Waals surface area (Å²) in [5, 5.41) is 14.5. The van der Waals surface area contributed by atoms with Crippen LogP contribution in [0.1, 0.15) is 197 Å². The molecule has 5 aliphatic rings. The number of fused-ring (bicyclic) bond motifs is 20. The first-order chi connectivity index (χ1) is 71.0. The number of rotatable bonds is 5. The van der Waals surface area contributed by atoms with Crippen molar-refractivity contribution in [1.29, 1.82) is 0 Å². The van der Waals surface area contributed by atoms with Gasteiger partial charge in [-0.1, -0.05) is 262 Å². The standard InChI is InChI=1S/C29H29NO.C27H27N3O.C27H27NO.C25H21NO3.C25H23NO2/c1-18-11-14-26-24(15-18)23-13-12-21-9-7-8-10-25(21)30(28(23)31-26)27-19(2)16-22(17-20(27)3)29(4,5)6;1-16-11-12-23-20(13-16)24-26(31-23)30(22-10-8-7-9-21(22)28-29-24)25-17(2)14-19(15-18(25)3)27(4,5)6;1-17-12-13-25-23(16-17)22-10-7-9-21-8-5-6-11-24(21)28(27(22)29-25)26-19(3)14-18(2)15-20(26)4;1-14-9-10-21-19(13-14)23-24(28-21)26(22-16(3)11-15(2)12-17(22)4)20-8-6-5-7-18(20)25(27)29-23;1-15-9-10-22-20(13-15)24-25(28-22)26(21-8-6-5-7-19(21)14-27-24)23-17(3)11-16(2)12-18(23)4/h7-17H,1-6H3;7-15H,1-6H3;5-6,8,11-16H,7,9-10H2,1-4H3;5-13H,1-4H3;5-13H,14H2,1-4H3. The molecule has 5 aliphatic heterocycles. The number of ether oxygens (including phenoxy) is 2. The van der Waals surface area contributed by atoms with E-state index in [9.17, 15) is 4.79 Å². The van der Waals surface area contributed by atoms with Gasteiger partial charge in [0.25, 0.3) is 0 Å². The fourth-order valence-electron chi connectivity index (χ4n) is 22.5. The number of carbonyl (C=O) groups excluding carboxylic acids is 1. The van der Waals surface area contributed by atoms with Gasteiger partial charge in [0.15, 0.2) is 11.4 Å². The monoisotopic (exact) mass is 1950 g/mol. The van der Waals surface area contributed by atoms with Gasteiger partial charge in [0.2, 0.25) is 35.2 Å². The van der Waals surface area contributed by atoms with E-state index in [0.29, 0.717) is 35.3 Å². The zero-order chi connectivity index (χ0) is 104. The molecule has 15 nitrogen and oxygen atoms in total. The van der Waals surface area contributed by atoms with Gasteiger partial charge in [-0.15, -0.1) is 10.2 Å². The number of nitrogens with zero attached hydrogens (tertiary/aromatic N) is 7. The van der Waals surface area contributed by atoms with Crippen molar-refractivity contribution >= 4 is 171 Å². The maximum absolute atomic E-state index is 13.0. The molecule has 0 bridgehead atoms. The molecule has 0 N–H and O–H groups in total. The summed E-state index contributed by atoms with van der Waals surface area (Å²) >= 11 is 0. The van der Waals surface area contributed by atoms with Gasteiger partial charge in [0, 0.05) is 27.5 Å². The van der Waals surface area contributed by atoms with Crippen LogP contribution >= 0.6 is 0 Å². The summed E-state index contributed by atoms with van der Waals surface area (Å²) in [6, 6.07) is 95.2. The number of carbonyl (C=O) groups is 1. The van der Waals surface area contributed by atoms with Crippen molar-refractivity contribution in [2.45, 2.75) is 203 Å². The molecule has 25 rings (SSSR count). The minimum Gasteiger partial charge on any atom is -0.483 e. The molecule has 10 heterocycles. The van der Waals surface area contributed by atoms with Crippen molar-refractivity contribution in [2.75, 3.05) is 24.5 Å². The van der Waals surface area contributed by atoms with Gasteiger partial charge in [0.05, 0.1) is 78.6 Å². The Morgan fingerprint density at radius 1 is 0.284 bits per heavy atom. The lowest BCUT2D eigenvalue weighted by Gasteiger charge is -2.30. The Morgan fingerprint density at radius 3 is 1.16 bits per heavy atom. The summed E-state index contributed by atoms with van der Waals surface area (Å²) in [4.78, 5) is 24.1. The molecule has 15 heteroatoms. The highest BCUT2D eigenvalue weighted by Crippen LogP contribution is 2.59. The lowest BCUT2D eigenvalue weighted by Crippen LogP contribution is -2.17. The van der Waals surface area contributed by atoms with Gasteiger partial charge in [0.1, 0.15) is 40.2 Å². The van der Waals surface area contributed by atoms with Crippen LogP contribution in [0.4, 0.5) is 97.7 Å². The highest BCUT2D eigenvalue weighted by molar-refractivity contribution is 6.09. The summed E-state index contributed by atoms with van der Waals surface area (Å²) in [7, 11) is 0. The first kappa shape index (κ1) is 97.7. The first-order valence-electron chi connectivity index (χ1n) is 51.5. The molecule has 742 valence electrons. The van der Waals surface area contributed by atoms with E-state index in [1.54, 1.807) is 6.07 Å². The smallest absolute Gasteiger partial charge is 0.345 e. The Balaban J connectivity index is 0.000000108. The zero-order valence-electron chi connectivity index (χ0n) is 89.4. The molecule has 0 saturated carbocycles. The molecule has 20 aromatic rings. The van der Waals surface area contributed by atoms with E-state index in [0.717, 1.165) is 166 Å². The van der Waals surface area contributed by atoms with Crippen molar-refractivity contribution in [3.8, 4) is 11.5 Å². The zero-order valence-corrected chi connectivity index (χ0v) is 89.4. The Morgan fingerprint density at radius 2 is 0.642 bits per heavy atom. The van der Waals surface area contributed by atoms with Crippen molar-refractivity contribution in [2.24, 2.45) is 10.2 Å². The first-order valence-corrected chi connectivity index (χ1v) is 51.5. The summed E-state index contributed by atoms with van der Waals surface area (Å²) in [5.74, 6) is 4.75. The van der Waals surface area contributed by atoms with Gasteiger partial charge in [-0.25, -0.2) is 4.79 Å². The van der Waals surface area contributed by atoms with E-state index < -0.39 is 0 Å². The molecule has 5 aromatic heterocycles. The van der Waals surface area contributed by atoms with Crippen LogP contribution in [0.3, 0.4) is 0 Å². The minimum absolute atomic E-state index is 0.0808. The lowest BCUT2D eigenvalue weighted by molar-refractivity contribution is 0.0739. The predicted molar refractivity (Wildman–Crippen MR) is 612 cm³/mol. The molecular weight excluding hydrogens is 1820 g/mol. The molecule has 148 heavy (non-hydrogen) atoms. The van der Waals surface area contributed by atoms with E-state index in [2.05, 4.69) is 401 Å². The highest BCUT2D eigenvalue weighted by Gasteiger charge is 2.39. The van der Waals surface area contributed by atoms with Crippen molar-refractivity contribution in [3.63, 3.8) is 0 Å². The average molecular weight is 1950 g/mol. The molecule has 0 aliphatic carbocycles. The number of aryl methyl sites for hydroxylation is 20. The van der Waals surface area contributed by atoms with Crippen LogP contribution in [0.15, 0.2) is 305 Å². The third-order valence-corrected chi connectivity index (χ3v) is 29.2. The van der Waals surface area contributed by atoms with E-state index in [4.69, 9.17) is 31.6 Å². The SMILES string of the molecule is Cc1cc(C)c(N2c3ccccc3C(=O)Oc3c2oc2ccc(C)cc32)c(C)c1.Cc1cc(C)c(N2c3ccccc3CCCc3c2oc2ccc(C)cc32)c(C)c1.Cc1cc(C)c(N2c3ccccc3COc3c2oc2ccc(C)cc32)c(C)c1.Cc1ccc2oc3c(c2c1)C=Cc1ccccc1N3c1c(C)cc(C(C)(C)C)cc1C.Cc1ccc2oc3c(c2c1)N=Nc1ccccc1N3c1c(C)cc(C(C)(C)C)cc1C. The molecular formula is C133H127N7O8. The second kappa shape index (κ2) is 38.5. The molecule has 0 amide bonds. The normalized spacial score (nSPS) is 13.3. The van der Waals surface area contributed by atoms with Crippen molar-refractivity contribution in [1.82, 2.24) is 0 Å². The van der Waals surface area contributed by atoms with E-state index in [-0.39, 0.29) is 16.8 Å². The minimum atomic E-state index is -0.379. The van der Waals surface area contributed by atoms with Crippen molar-refractivity contribution < 1.29 is 36.4 Å². The van der Waals surface area contributed by atoms with Crippen LogP contribution in [0.25, 0.3) is 67.0 Å². The van der Waals surface area contributed by atoms with Gasteiger partial charge < -0.3 is 31.6 Å². The van der Waals surface area contributed by atoms with Crippen LogP contribution in [-0.4, -0.2) is 5.97 Å². The molecule has 15 aromatic carbocycles. The number of esters is 1. The number of hydrogen-bond donors (Lipinski definition) is 0. The van der Waals surface area contributed by atoms with Crippen LogP contribution in [0, 0.1) is 125 Å². The third-order valence-electron chi connectivity index (χ3n) is 29.2. The van der Waals surface area contributed by atoms with Gasteiger partial charge in [-0.05, 0) is 342 Å². The maximum atomic E-state index is 13.0. The Labute approximate surface area is 868 Å². The van der Waals surface area contributed by atoms with E-state index in [1.165, 1.54) is 134 Å². The summed E-state index contributed by atoms with van der Waals surface area (Å²) < 4.78 is 44.4. The number of hydrogen-bond acceptors (Lipinski definition) is 15. The Hall–Kier alpha value is -16.4. The van der Waals surface area contributed by atoms with Gasteiger partial charge in [-0.2, -0.15) is 0 Å². The van der Waals surface area contributed by atoms with Crippen LogP contribution in [0.2, 0.25) is 0 Å². The molecule has 0 saturated heterocycles. The molecule has 0 unspecified atom stereocenters. The lowest BCUT2D eigenvalue weighted by atomic mass is 9.84. The van der Waals surface area contributed by atoms with Crippen molar-refractivity contribution in [3.05, 3.63) is 418 Å². The molecule has 0 fully saturated rings. The Bertz CT molecular complexity index is 8480. The number of azo groups is 1. The largest absolute Gasteiger partial charge is 0.483 e. The second-order valence-electron chi connectivity index (χ2n) is 43.2. The quantitative estimate of drug-likeness (QED) is 0.151. The fraction of sp³-hybridized carbons (Fsp3) is 0.226. The van der Waals surface area contributed by atoms with Crippen LogP contribution in [0.5, 0.6) is 11.5 Å². The van der Waals surface area contributed by atoms with Crippen LogP contribution in [-0.2, 0) is 30.3 Å². The number of benzene rings is 15. The second-order valence-corrected chi connectivity index (χ2v) is 43.2. The average Bonchev–Trinajstić information content (AvgIpc) is 1.60. The van der Waals surface area contributed by atoms with Gasteiger partial charge in [-0.3, -0.25) is 24.5 Å². The maximum Gasteiger partial charge on any atom is 0.345 e. The molecule has 0 spiro atoms. The molecule has 0 radical (unpaired) electrons. The Kier molecular flexibility index (Phi) is 25.4. The summed E-state index contributed by atoms with van der Waals surface area (Å²) in [6.45, 7) is 52.6. The summed E-state index contributed by atoms with van der Waals surface area (Å²) in [5.41, 5.74) is 48.1. The van der Waals surface area contributed by atoms with Crippen LogP contribution < -0.4 is 34.0 Å². The number of anilines is 15.